The zero-order valence-corrected chi connectivity index (χ0v) is 12.3. The van der Waals surface area contributed by atoms with Crippen molar-refractivity contribution in [3.63, 3.8) is 0 Å². The summed E-state index contributed by atoms with van der Waals surface area (Å²) < 4.78 is 15.5. The fourth-order valence-electron chi connectivity index (χ4n) is 2.51. The van der Waals surface area contributed by atoms with Crippen LogP contribution in [0.4, 0.5) is 4.39 Å². The van der Waals surface area contributed by atoms with Crippen LogP contribution in [0.15, 0.2) is 42.9 Å². The number of nitrogens with two attached hydrogens (primary N) is 1. The number of nitrogens with zero attached hydrogens (tertiary/aromatic N) is 2. The fourth-order valence-corrected chi connectivity index (χ4v) is 2.77. The van der Waals surface area contributed by atoms with Crippen LogP contribution in [0.2, 0.25) is 5.02 Å². The second-order valence-corrected chi connectivity index (χ2v) is 5.38. The Morgan fingerprint density at radius 1 is 1.38 bits per heavy atom. The molecule has 3 nitrogen and oxygen atoms in total. The number of pyridine rings is 1. The third-order valence-corrected chi connectivity index (χ3v) is 3.92. The Kier molecular flexibility index (Phi) is 3.66. The summed E-state index contributed by atoms with van der Waals surface area (Å²) in [7, 11) is 0. The molecule has 0 radical (unpaired) electrons. The van der Waals surface area contributed by atoms with Gasteiger partial charge in [0.15, 0.2) is 0 Å². The van der Waals surface area contributed by atoms with Crippen molar-refractivity contribution in [3.05, 3.63) is 59.3 Å². The molecule has 1 unspecified atom stereocenters. The molecule has 21 heavy (non-hydrogen) atoms. The Balaban J connectivity index is 2.37. The van der Waals surface area contributed by atoms with E-state index in [1.165, 1.54) is 12.1 Å². The average Bonchev–Trinajstić information content (AvgIpc) is 2.96. The van der Waals surface area contributed by atoms with Gasteiger partial charge in [0.2, 0.25) is 0 Å². The first-order valence-electron chi connectivity index (χ1n) is 6.77. The summed E-state index contributed by atoms with van der Waals surface area (Å²) in [6.45, 7) is 2.01. The number of halogens is 2. The van der Waals surface area contributed by atoms with E-state index in [1.807, 2.05) is 23.5 Å². The second-order valence-electron chi connectivity index (χ2n) is 4.97. The van der Waals surface area contributed by atoms with Crippen LogP contribution in [-0.4, -0.2) is 9.38 Å². The number of imidazole rings is 1. The first-order chi connectivity index (χ1) is 10.1. The minimum absolute atomic E-state index is 0.174. The van der Waals surface area contributed by atoms with Crippen LogP contribution in [0.25, 0.3) is 16.8 Å². The van der Waals surface area contributed by atoms with Gasteiger partial charge in [0, 0.05) is 11.6 Å². The van der Waals surface area contributed by atoms with Gasteiger partial charge in [-0.15, -0.1) is 0 Å². The molecule has 5 heteroatoms. The quantitative estimate of drug-likeness (QED) is 0.788. The van der Waals surface area contributed by atoms with Gasteiger partial charge in [0.05, 0.1) is 28.8 Å². The Labute approximate surface area is 127 Å². The summed E-state index contributed by atoms with van der Waals surface area (Å²) >= 11 is 6.30. The minimum atomic E-state index is -0.285. The van der Waals surface area contributed by atoms with Gasteiger partial charge in [-0.25, -0.2) is 9.37 Å². The molecule has 108 valence electrons. The smallest absolute Gasteiger partial charge is 0.123 e. The van der Waals surface area contributed by atoms with Crippen LogP contribution in [0.3, 0.4) is 0 Å². The highest BCUT2D eigenvalue weighted by molar-refractivity contribution is 6.34. The summed E-state index contributed by atoms with van der Waals surface area (Å²) in [4.78, 5) is 4.14. The molecule has 0 amide bonds. The lowest BCUT2D eigenvalue weighted by Gasteiger charge is -2.18. The van der Waals surface area contributed by atoms with Crippen LogP contribution in [0, 0.1) is 5.82 Å². The van der Waals surface area contributed by atoms with Gasteiger partial charge in [-0.3, -0.25) is 4.40 Å². The van der Waals surface area contributed by atoms with Crippen LogP contribution in [-0.2, 0) is 0 Å². The molecule has 3 aromatic rings. The van der Waals surface area contributed by atoms with E-state index in [0.29, 0.717) is 5.02 Å². The molecular formula is C16H15ClFN3. The molecule has 0 saturated carbocycles. The van der Waals surface area contributed by atoms with Crippen molar-refractivity contribution in [1.29, 1.82) is 0 Å². The zero-order chi connectivity index (χ0) is 15.0. The summed E-state index contributed by atoms with van der Waals surface area (Å²) in [5.41, 5.74) is 9.47. The SMILES string of the molecule is CCC(N)c1cc(Cl)c2cncn2c1-c1cccc(F)c1. The van der Waals surface area contributed by atoms with Crippen LogP contribution in [0.5, 0.6) is 0 Å². The van der Waals surface area contributed by atoms with Crippen molar-refractivity contribution >= 4 is 17.1 Å². The number of hydrogen-bond donors (Lipinski definition) is 1. The van der Waals surface area contributed by atoms with E-state index in [2.05, 4.69) is 4.98 Å². The van der Waals surface area contributed by atoms with Gasteiger partial charge in [0.25, 0.3) is 0 Å². The first kappa shape index (κ1) is 14.0. The second kappa shape index (κ2) is 5.47. The van der Waals surface area contributed by atoms with E-state index < -0.39 is 0 Å². The van der Waals surface area contributed by atoms with E-state index in [1.54, 1.807) is 18.6 Å². The molecule has 3 rings (SSSR count). The van der Waals surface area contributed by atoms with Crippen molar-refractivity contribution in [2.75, 3.05) is 0 Å². The number of aromatic nitrogens is 2. The highest BCUT2D eigenvalue weighted by atomic mass is 35.5. The third kappa shape index (κ3) is 2.41. The molecule has 1 aromatic carbocycles. The molecule has 2 heterocycles. The Hall–Kier alpha value is -1.91. The lowest BCUT2D eigenvalue weighted by molar-refractivity contribution is 0.628. The Morgan fingerprint density at radius 3 is 2.90 bits per heavy atom. The van der Waals surface area contributed by atoms with Crippen molar-refractivity contribution in [2.24, 2.45) is 5.73 Å². The lowest BCUT2D eigenvalue weighted by atomic mass is 9.98. The monoisotopic (exact) mass is 303 g/mol. The first-order valence-corrected chi connectivity index (χ1v) is 7.15. The maximum atomic E-state index is 13.6. The van der Waals surface area contributed by atoms with Gasteiger partial charge in [-0.2, -0.15) is 0 Å². The molecule has 0 saturated heterocycles. The highest BCUT2D eigenvalue weighted by Crippen LogP contribution is 2.33. The van der Waals surface area contributed by atoms with Gasteiger partial charge < -0.3 is 5.73 Å². The average molecular weight is 304 g/mol. The topological polar surface area (TPSA) is 43.3 Å². The van der Waals surface area contributed by atoms with Crippen molar-refractivity contribution < 1.29 is 4.39 Å². The zero-order valence-electron chi connectivity index (χ0n) is 11.6. The largest absolute Gasteiger partial charge is 0.324 e. The summed E-state index contributed by atoms with van der Waals surface area (Å²) in [6.07, 6.45) is 4.12. The van der Waals surface area contributed by atoms with Gasteiger partial charge in [-0.1, -0.05) is 30.7 Å². The summed E-state index contributed by atoms with van der Waals surface area (Å²) in [5.74, 6) is -0.285. The third-order valence-electron chi connectivity index (χ3n) is 3.62. The van der Waals surface area contributed by atoms with Crippen molar-refractivity contribution in [1.82, 2.24) is 9.38 Å². The van der Waals surface area contributed by atoms with E-state index in [0.717, 1.165) is 28.8 Å². The number of rotatable bonds is 3. The molecule has 0 spiro atoms. The molecule has 2 aromatic heterocycles. The lowest BCUT2D eigenvalue weighted by Crippen LogP contribution is -2.12. The van der Waals surface area contributed by atoms with Crippen LogP contribution in [0.1, 0.15) is 24.9 Å². The Morgan fingerprint density at radius 2 is 2.19 bits per heavy atom. The minimum Gasteiger partial charge on any atom is -0.324 e. The van der Waals surface area contributed by atoms with E-state index in [-0.39, 0.29) is 11.9 Å². The van der Waals surface area contributed by atoms with Crippen molar-refractivity contribution in [3.8, 4) is 11.3 Å². The highest BCUT2D eigenvalue weighted by Gasteiger charge is 2.17. The summed E-state index contributed by atoms with van der Waals surface area (Å²) in [6, 6.07) is 8.14. The number of hydrogen-bond acceptors (Lipinski definition) is 2. The molecular weight excluding hydrogens is 289 g/mol. The number of fused-ring (bicyclic) bond motifs is 1. The van der Waals surface area contributed by atoms with E-state index >= 15 is 0 Å². The maximum absolute atomic E-state index is 13.6. The summed E-state index contributed by atoms with van der Waals surface area (Å²) in [5, 5.41) is 0.589. The van der Waals surface area contributed by atoms with Gasteiger partial charge in [-0.05, 0) is 30.2 Å². The van der Waals surface area contributed by atoms with Gasteiger partial charge in [0.1, 0.15) is 5.82 Å². The van der Waals surface area contributed by atoms with Crippen LogP contribution < -0.4 is 5.73 Å². The number of benzene rings is 1. The molecule has 0 aliphatic carbocycles. The van der Waals surface area contributed by atoms with E-state index in [9.17, 15) is 4.39 Å². The molecule has 0 fully saturated rings. The predicted molar refractivity (Wildman–Crippen MR) is 82.8 cm³/mol. The molecule has 1 atom stereocenters. The fraction of sp³-hybridized carbons (Fsp3) is 0.188. The predicted octanol–water partition coefficient (Wildman–Crippen LogP) is 4.20. The molecule has 2 N–H and O–H groups in total. The molecule has 0 aliphatic rings. The molecule has 0 aliphatic heterocycles. The normalized spacial score (nSPS) is 12.8. The Bertz CT molecular complexity index is 797. The van der Waals surface area contributed by atoms with E-state index in [4.69, 9.17) is 17.3 Å². The van der Waals surface area contributed by atoms with Gasteiger partial charge >= 0.3 is 0 Å². The maximum Gasteiger partial charge on any atom is 0.123 e. The van der Waals surface area contributed by atoms with Crippen molar-refractivity contribution in [2.45, 2.75) is 19.4 Å². The molecule has 0 bridgehead atoms. The van der Waals surface area contributed by atoms with Crippen LogP contribution >= 0.6 is 11.6 Å². The standard InChI is InChI=1S/C16H15ClFN3/c1-2-14(19)12-7-13(17)15-8-20-9-21(15)16(12)10-4-3-5-11(18)6-10/h3-9,14H,2,19H2,1H3.